The minimum absolute atomic E-state index is 0. The molecule has 1 aliphatic heterocycles. The summed E-state index contributed by atoms with van der Waals surface area (Å²) in [5.41, 5.74) is -0.528. The third-order valence-electron chi connectivity index (χ3n) is 3.20. The number of carbonyl (C=O) groups is 1. The zero-order valence-electron chi connectivity index (χ0n) is 16.2. The van der Waals surface area contributed by atoms with E-state index in [-0.39, 0.29) is 42.7 Å². The van der Waals surface area contributed by atoms with Crippen LogP contribution in [0.3, 0.4) is 0 Å². The minimum atomic E-state index is -4.30. The minimum Gasteiger partial charge on any atom is -0.444 e. The van der Waals surface area contributed by atoms with Crippen LogP contribution >= 0.6 is 24.0 Å². The fourth-order valence-corrected chi connectivity index (χ4v) is 2.10. The Balaban J connectivity index is 0.00000676. The van der Waals surface area contributed by atoms with E-state index in [0.717, 1.165) is 0 Å². The first-order chi connectivity index (χ1) is 12.0. The highest BCUT2D eigenvalue weighted by Gasteiger charge is 2.34. The molecule has 160 valence electrons. The molecular weight excluding hydrogens is 480 g/mol. The zero-order valence-corrected chi connectivity index (χ0v) is 18.5. The second-order valence-electron chi connectivity index (χ2n) is 7.01. The number of likely N-dealkylation sites (tertiary alicyclic amines) is 1. The number of aliphatic imine (C=N–C) groups is 1. The normalized spacial score (nSPS) is 15.7. The Bertz CT molecular complexity index is 479. The number of hydrogen-bond acceptors (Lipinski definition) is 4. The average molecular weight is 510 g/mol. The lowest BCUT2D eigenvalue weighted by atomic mass is 10.1. The van der Waals surface area contributed by atoms with Crippen LogP contribution in [0.5, 0.6) is 0 Å². The van der Waals surface area contributed by atoms with Crippen molar-refractivity contribution in [2.45, 2.75) is 51.9 Å². The smallest absolute Gasteiger partial charge is 0.411 e. The molecule has 0 aromatic carbocycles. The van der Waals surface area contributed by atoms with Gasteiger partial charge in [0.05, 0.1) is 6.04 Å². The van der Waals surface area contributed by atoms with Crippen molar-refractivity contribution in [1.29, 1.82) is 0 Å². The maximum absolute atomic E-state index is 12.0. The van der Waals surface area contributed by atoms with Crippen LogP contribution in [-0.2, 0) is 9.47 Å². The summed E-state index contributed by atoms with van der Waals surface area (Å²) in [6.07, 6.45) is -4.26. The Morgan fingerprint density at radius 3 is 2.41 bits per heavy atom. The summed E-state index contributed by atoms with van der Waals surface area (Å²) < 4.78 is 45.7. The molecule has 1 rings (SSSR count). The molecule has 0 aromatic heterocycles. The molecule has 1 fully saturated rings. The molecule has 11 heteroatoms. The number of guanidine groups is 1. The van der Waals surface area contributed by atoms with Gasteiger partial charge in [0.2, 0.25) is 0 Å². The van der Waals surface area contributed by atoms with E-state index < -0.39 is 18.4 Å². The van der Waals surface area contributed by atoms with Crippen molar-refractivity contribution in [3.8, 4) is 0 Å². The van der Waals surface area contributed by atoms with Gasteiger partial charge in [-0.25, -0.2) is 4.79 Å². The predicted molar refractivity (Wildman–Crippen MR) is 108 cm³/mol. The molecule has 0 spiro atoms. The average Bonchev–Trinajstić information content (AvgIpc) is 2.42. The van der Waals surface area contributed by atoms with E-state index in [1.165, 1.54) is 0 Å². The predicted octanol–water partition coefficient (Wildman–Crippen LogP) is 2.75. The number of nitrogens with one attached hydrogen (secondary N) is 2. The van der Waals surface area contributed by atoms with Crippen LogP contribution in [0.4, 0.5) is 18.0 Å². The molecule has 0 aromatic rings. The molecule has 2 N–H and O–H groups in total. The van der Waals surface area contributed by atoms with E-state index in [9.17, 15) is 18.0 Å². The van der Waals surface area contributed by atoms with E-state index in [0.29, 0.717) is 38.6 Å². The fourth-order valence-electron chi connectivity index (χ4n) is 2.10. The first-order valence-electron chi connectivity index (χ1n) is 8.67. The van der Waals surface area contributed by atoms with Crippen LogP contribution < -0.4 is 10.6 Å². The number of nitrogens with zero attached hydrogens (tertiary/aromatic N) is 2. The van der Waals surface area contributed by atoms with Gasteiger partial charge in [-0.2, -0.15) is 13.2 Å². The number of alkyl halides is 3. The summed E-state index contributed by atoms with van der Waals surface area (Å²) in [6.45, 7) is 8.13. The summed E-state index contributed by atoms with van der Waals surface area (Å²) in [6, 6.07) is 0.0572. The summed E-state index contributed by atoms with van der Waals surface area (Å²) in [4.78, 5) is 17.8. The lowest BCUT2D eigenvalue weighted by molar-refractivity contribution is -0.173. The van der Waals surface area contributed by atoms with Crippen molar-refractivity contribution in [3.05, 3.63) is 0 Å². The van der Waals surface area contributed by atoms with Crippen LogP contribution in [0.15, 0.2) is 4.99 Å². The quantitative estimate of drug-likeness (QED) is 0.239. The number of amides is 1. The van der Waals surface area contributed by atoms with E-state index in [1.807, 2.05) is 27.7 Å². The van der Waals surface area contributed by atoms with Gasteiger partial charge in [-0.05, 0) is 34.1 Å². The largest absolute Gasteiger partial charge is 0.444 e. The van der Waals surface area contributed by atoms with Gasteiger partial charge < -0.3 is 25.0 Å². The summed E-state index contributed by atoms with van der Waals surface area (Å²) in [5, 5.41) is 6.25. The van der Waals surface area contributed by atoms with Crippen LogP contribution in [-0.4, -0.2) is 74.2 Å². The van der Waals surface area contributed by atoms with Crippen molar-refractivity contribution in [3.63, 3.8) is 0 Å². The van der Waals surface area contributed by atoms with Crippen molar-refractivity contribution in [2.24, 2.45) is 4.99 Å². The zero-order chi connectivity index (χ0) is 19.8. The molecule has 1 heterocycles. The molecule has 7 nitrogen and oxygen atoms in total. The number of rotatable bonds is 7. The SMILES string of the molecule is CCNC(=NCCCOCC(F)(F)F)NC1CN(C(=O)OC(C)(C)C)C1.I. The lowest BCUT2D eigenvalue weighted by Gasteiger charge is -2.40. The number of carbonyl (C=O) groups excluding carboxylic acids is 1. The van der Waals surface area contributed by atoms with Gasteiger partial charge in [-0.3, -0.25) is 4.99 Å². The van der Waals surface area contributed by atoms with Gasteiger partial charge in [-0.1, -0.05) is 0 Å². The Hall–Kier alpha value is -0.980. The third kappa shape index (κ3) is 12.2. The van der Waals surface area contributed by atoms with Gasteiger partial charge in [0.25, 0.3) is 0 Å². The molecule has 1 saturated heterocycles. The standard InChI is InChI=1S/C16H29F3N4O3.HI/c1-5-20-13(21-7-6-8-25-11-16(17,18)19)22-12-9-23(10-12)14(24)26-15(2,3)4;/h12H,5-11H2,1-4H3,(H2,20,21,22);1H. The number of hydrogen-bond donors (Lipinski definition) is 2. The Labute approximate surface area is 175 Å². The van der Waals surface area contributed by atoms with E-state index in [4.69, 9.17) is 4.74 Å². The Morgan fingerprint density at radius 1 is 1.26 bits per heavy atom. The molecule has 0 bridgehead atoms. The fraction of sp³-hybridized carbons (Fsp3) is 0.875. The van der Waals surface area contributed by atoms with Crippen molar-refractivity contribution in [2.75, 3.05) is 39.4 Å². The Morgan fingerprint density at radius 2 is 1.89 bits per heavy atom. The van der Waals surface area contributed by atoms with Crippen molar-refractivity contribution < 1.29 is 27.4 Å². The number of halogens is 4. The molecular formula is C16H30F3IN4O3. The van der Waals surface area contributed by atoms with E-state index in [1.54, 1.807) is 4.90 Å². The first-order valence-corrected chi connectivity index (χ1v) is 8.67. The number of ether oxygens (including phenoxy) is 2. The second-order valence-corrected chi connectivity index (χ2v) is 7.01. The molecule has 0 unspecified atom stereocenters. The van der Waals surface area contributed by atoms with Crippen molar-refractivity contribution >= 4 is 36.0 Å². The lowest BCUT2D eigenvalue weighted by Crippen LogP contribution is -2.63. The van der Waals surface area contributed by atoms with E-state index >= 15 is 0 Å². The Kier molecular flexibility index (Phi) is 11.3. The highest BCUT2D eigenvalue weighted by Crippen LogP contribution is 2.15. The van der Waals surface area contributed by atoms with Crippen LogP contribution in [0.1, 0.15) is 34.1 Å². The molecule has 0 aliphatic carbocycles. The molecule has 27 heavy (non-hydrogen) atoms. The topological polar surface area (TPSA) is 75.2 Å². The van der Waals surface area contributed by atoms with Crippen LogP contribution in [0.25, 0.3) is 0 Å². The van der Waals surface area contributed by atoms with Crippen LogP contribution in [0, 0.1) is 0 Å². The maximum Gasteiger partial charge on any atom is 0.411 e. The van der Waals surface area contributed by atoms with Crippen molar-refractivity contribution in [1.82, 2.24) is 15.5 Å². The van der Waals surface area contributed by atoms with E-state index in [2.05, 4.69) is 20.4 Å². The molecule has 1 amide bonds. The molecule has 0 atom stereocenters. The molecule has 0 saturated carbocycles. The van der Waals surface area contributed by atoms with Gasteiger partial charge >= 0.3 is 12.3 Å². The summed E-state index contributed by atoms with van der Waals surface area (Å²) >= 11 is 0. The van der Waals surface area contributed by atoms with Gasteiger partial charge in [-0.15, -0.1) is 24.0 Å². The van der Waals surface area contributed by atoms with Gasteiger partial charge in [0.15, 0.2) is 5.96 Å². The highest BCUT2D eigenvalue weighted by molar-refractivity contribution is 14.0. The maximum atomic E-state index is 12.0. The monoisotopic (exact) mass is 510 g/mol. The van der Waals surface area contributed by atoms with Gasteiger partial charge in [0, 0.05) is 32.8 Å². The first kappa shape index (κ1) is 26.0. The summed E-state index contributed by atoms with van der Waals surface area (Å²) in [5.74, 6) is 0.567. The third-order valence-corrected chi connectivity index (χ3v) is 3.20. The summed E-state index contributed by atoms with van der Waals surface area (Å²) in [7, 11) is 0. The highest BCUT2D eigenvalue weighted by atomic mass is 127. The molecule has 0 radical (unpaired) electrons. The van der Waals surface area contributed by atoms with Gasteiger partial charge in [0.1, 0.15) is 12.2 Å². The molecule has 1 aliphatic rings. The second kappa shape index (κ2) is 11.8. The van der Waals surface area contributed by atoms with Crippen LogP contribution in [0.2, 0.25) is 0 Å².